The van der Waals surface area contributed by atoms with Crippen molar-refractivity contribution in [2.24, 2.45) is 5.73 Å². The Hall–Kier alpha value is -1.74. The molecule has 1 aromatic carbocycles. The molecule has 110 valence electrons. The molecule has 1 aromatic rings. The number of benzene rings is 1. The predicted octanol–water partition coefficient (Wildman–Crippen LogP) is 1.96. The van der Waals surface area contributed by atoms with E-state index in [1.165, 1.54) is 13.0 Å². The number of phenolic OH excluding ortho intramolecular Hbond substituents is 1. The summed E-state index contributed by atoms with van der Waals surface area (Å²) in [5.41, 5.74) is 4.63. The van der Waals surface area contributed by atoms with Crippen LogP contribution < -0.4 is 5.73 Å². The van der Waals surface area contributed by atoms with Gasteiger partial charge in [0.1, 0.15) is 0 Å². The van der Waals surface area contributed by atoms with Crippen LogP contribution in [0.4, 0.5) is 10.1 Å². The zero-order chi connectivity index (χ0) is 15.4. The number of alkyl halides is 1. The molecule has 3 N–H and O–H groups in total. The monoisotopic (exact) mass is 350 g/mol. The Bertz CT molecular complexity index is 540. The van der Waals surface area contributed by atoms with Gasteiger partial charge < -0.3 is 15.6 Å². The van der Waals surface area contributed by atoms with Crippen LogP contribution in [-0.4, -0.2) is 28.8 Å². The first-order chi connectivity index (χ1) is 9.29. The third-order valence-corrected chi connectivity index (χ3v) is 2.92. The van der Waals surface area contributed by atoms with Gasteiger partial charge in [-0.15, -0.1) is 0 Å². The number of aromatic hydroxyl groups is 1. The lowest BCUT2D eigenvalue weighted by Gasteiger charge is -2.17. The second-order valence-corrected chi connectivity index (χ2v) is 4.72. The lowest BCUT2D eigenvalue weighted by molar-refractivity contribution is -0.386. The highest BCUT2D eigenvalue weighted by Gasteiger charge is 2.32. The lowest BCUT2D eigenvalue weighted by Crippen LogP contribution is -2.31. The zero-order valence-electron chi connectivity index (χ0n) is 10.4. The van der Waals surface area contributed by atoms with E-state index in [1.807, 2.05) is 0 Å². The highest BCUT2D eigenvalue weighted by molar-refractivity contribution is 9.10. The van der Waals surface area contributed by atoms with Crippen LogP contribution in [-0.2, 0) is 9.53 Å². The first-order valence-electron chi connectivity index (χ1n) is 5.52. The van der Waals surface area contributed by atoms with Gasteiger partial charge in [-0.05, 0) is 13.0 Å². The number of halogens is 2. The first kappa shape index (κ1) is 16.3. The molecule has 1 unspecified atom stereocenters. The van der Waals surface area contributed by atoms with Gasteiger partial charge in [0.15, 0.2) is 5.75 Å². The lowest BCUT2D eigenvalue weighted by atomic mass is 10.0. The maximum absolute atomic E-state index is 13.8. The molecule has 0 bridgehead atoms. The maximum atomic E-state index is 13.8. The Labute approximate surface area is 121 Å². The van der Waals surface area contributed by atoms with Gasteiger partial charge in [-0.25, -0.2) is 9.18 Å². The van der Waals surface area contributed by atoms with Gasteiger partial charge >= 0.3 is 11.7 Å². The van der Waals surface area contributed by atoms with Crippen molar-refractivity contribution in [1.82, 2.24) is 0 Å². The Morgan fingerprint density at radius 3 is 2.75 bits per heavy atom. The molecule has 0 fully saturated rings. The molecule has 0 saturated heterocycles. The standard InChI is InChI=1S/C11H12BrFN2O5/c1-2-20-11(17)8(13)9(14)6-3-5(12)4-7(10(6)16)15(18)19/h3-4,8-9,16H,2,14H2,1H3/t8?,9-/m1/s1. The van der Waals surface area contributed by atoms with Gasteiger partial charge in [-0.3, -0.25) is 10.1 Å². The van der Waals surface area contributed by atoms with Crippen molar-refractivity contribution >= 4 is 27.6 Å². The predicted molar refractivity (Wildman–Crippen MR) is 70.9 cm³/mol. The summed E-state index contributed by atoms with van der Waals surface area (Å²) >= 11 is 2.99. The van der Waals surface area contributed by atoms with Crippen molar-refractivity contribution in [3.8, 4) is 5.75 Å². The summed E-state index contributed by atoms with van der Waals surface area (Å²) in [6.07, 6.45) is -2.24. The molecule has 2 atom stereocenters. The maximum Gasteiger partial charge on any atom is 0.342 e. The molecule has 7 nitrogen and oxygen atoms in total. The number of nitro benzene ring substituents is 1. The number of carbonyl (C=O) groups is 1. The van der Waals surface area contributed by atoms with E-state index in [2.05, 4.69) is 20.7 Å². The molecule has 0 aromatic heterocycles. The number of hydrogen-bond acceptors (Lipinski definition) is 6. The molecule has 0 heterocycles. The molecule has 20 heavy (non-hydrogen) atoms. The SMILES string of the molecule is CCOC(=O)C(F)[C@H](N)c1cc(Br)cc([N+](=O)[O-])c1O. The van der Waals surface area contributed by atoms with E-state index in [9.17, 15) is 24.4 Å². The van der Waals surface area contributed by atoms with E-state index in [0.717, 1.165) is 6.07 Å². The number of nitrogens with two attached hydrogens (primary N) is 1. The summed E-state index contributed by atoms with van der Waals surface area (Å²) in [6, 6.07) is 0.673. The molecule has 0 aliphatic carbocycles. The van der Waals surface area contributed by atoms with Gasteiger partial charge in [0.05, 0.1) is 17.6 Å². The van der Waals surface area contributed by atoms with Gasteiger partial charge in [-0.2, -0.15) is 0 Å². The minimum atomic E-state index is -2.24. The molecule has 0 aliphatic heterocycles. The minimum Gasteiger partial charge on any atom is -0.502 e. The fourth-order valence-electron chi connectivity index (χ4n) is 1.52. The van der Waals surface area contributed by atoms with E-state index in [4.69, 9.17) is 5.73 Å². The number of hydrogen-bond donors (Lipinski definition) is 2. The fraction of sp³-hybridized carbons (Fsp3) is 0.364. The first-order valence-corrected chi connectivity index (χ1v) is 6.32. The van der Waals surface area contributed by atoms with Gasteiger partial charge in [0, 0.05) is 16.1 Å². The minimum absolute atomic E-state index is 0.0312. The molecule has 0 saturated carbocycles. The largest absolute Gasteiger partial charge is 0.502 e. The van der Waals surface area contributed by atoms with Crippen molar-refractivity contribution < 1.29 is 24.0 Å². The van der Waals surface area contributed by atoms with Crippen LogP contribution in [0.25, 0.3) is 0 Å². The second-order valence-electron chi connectivity index (χ2n) is 3.80. The fourth-order valence-corrected chi connectivity index (χ4v) is 1.99. The molecule has 0 aliphatic rings. The second kappa shape index (κ2) is 6.62. The molecule has 1 rings (SSSR count). The van der Waals surface area contributed by atoms with E-state index in [0.29, 0.717) is 0 Å². The summed E-state index contributed by atoms with van der Waals surface area (Å²) in [7, 11) is 0. The summed E-state index contributed by atoms with van der Waals surface area (Å²) < 4.78 is 18.5. The van der Waals surface area contributed by atoms with Crippen molar-refractivity contribution in [2.45, 2.75) is 19.1 Å². The molecular formula is C11H12BrFN2O5. The Morgan fingerprint density at radius 1 is 1.65 bits per heavy atom. The quantitative estimate of drug-likeness (QED) is 0.476. The molecule has 0 spiro atoms. The number of ether oxygens (including phenoxy) is 1. The van der Waals surface area contributed by atoms with Crippen LogP contribution >= 0.6 is 15.9 Å². The Morgan fingerprint density at radius 2 is 2.25 bits per heavy atom. The molecular weight excluding hydrogens is 339 g/mol. The van der Waals surface area contributed by atoms with Crippen molar-refractivity contribution in [2.75, 3.05) is 6.61 Å². The van der Waals surface area contributed by atoms with Crippen LogP contribution in [0.3, 0.4) is 0 Å². The van der Waals surface area contributed by atoms with Crippen molar-refractivity contribution in [3.63, 3.8) is 0 Å². The van der Waals surface area contributed by atoms with Crippen LogP contribution in [0.2, 0.25) is 0 Å². The topological polar surface area (TPSA) is 116 Å². The number of phenols is 1. The number of rotatable bonds is 5. The van der Waals surface area contributed by atoms with Crippen LogP contribution in [0.1, 0.15) is 18.5 Å². The zero-order valence-corrected chi connectivity index (χ0v) is 12.0. The summed E-state index contributed by atoms with van der Waals surface area (Å²) in [5.74, 6) is -1.97. The normalized spacial score (nSPS) is 13.6. The van der Waals surface area contributed by atoms with E-state index < -0.39 is 34.5 Å². The Kier molecular flexibility index (Phi) is 5.40. The van der Waals surface area contributed by atoms with Gasteiger partial charge in [-0.1, -0.05) is 15.9 Å². The molecule has 9 heteroatoms. The molecule has 0 amide bonds. The summed E-state index contributed by atoms with van der Waals surface area (Å²) in [4.78, 5) is 21.2. The van der Waals surface area contributed by atoms with Crippen molar-refractivity contribution in [3.05, 3.63) is 32.3 Å². The van der Waals surface area contributed by atoms with Crippen LogP contribution in [0.5, 0.6) is 5.75 Å². The number of carbonyl (C=O) groups excluding carboxylic acids is 1. The smallest absolute Gasteiger partial charge is 0.342 e. The third-order valence-electron chi connectivity index (χ3n) is 2.47. The number of esters is 1. The van der Waals surface area contributed by atoms with Gasteiger partial charge in [0.25, 0.3) is 0 Å². The average molecular weight is 351 g/mol. The average Bonchev–Trinajstić information content (AvgIpc) is 2.39. The molecule has 0 radical (unpaired) electrons. The number of nitrogens with zero attached hydrogens (tertiary/aromatic N) is 1. The van der Waals surface area contributed by atoms with Gasteiger partial charge in [0.2, 0.25) is 6.17 Å². The van der Waals surface area contributed by atoms with E-state index in [-0.39, 0.29) is 16.6 Å². The van der Waals surface area contributed by atoms with E-state index >= 15 is 0 Å². The summed E-state index contributed by atoms with van der Waals surface area (Å²) in [5, 5.41) is 20.5. The van der Waals surface area contributed by atoms with Crippen molar-refractivity contribution in [1.29, 1.82) is 0 Å². The van der Waals surface area contributed by atoms with E-state index in [1.54, 1.807) is 0 Å². The highest BCUT2D eigenvalue weighted by Crippen LogP contribution is 2.37. The van der Waals surface area contributed by atoms with Crippen LogP contribution in [0, 0.1) is 10.1 Å². The summed E-state index contributed by atoms with van der Waals surface area (Å²) in [6.45, 7) is 1.47. The Balaban J connectivity index is 3.19. The number of nitro groups is 1. The third kappa shape index (κ3) is 3.42. The highest BCUT2D eigenvalue weighted by atomic mass is 79.9. The van der Waals surface area contributed by atoms with Crippen LogP contribution in [0.15, 0.2) is 16.6 Å².